The van der Waals surface area contributed by atoms with Gasteiger partial charge in [0, 0.05) is 0 Å². The van der Waals surface area contributed by atoms with Gasteiger partial charge in [-0.1, -0.05) is 183 Å². The molecule has 0 amide bonds. The molecule has 3 aliphatic heterocycles. The third kappa shape index (κ3) is 14.7. The second-order valence-corrected chi connectivity index (χ2v) is 45.3. The first-order valence-electron chi connectivity index (χ1n) is 12.9. The first-order valence-corrected chi connectivity index (χ1v) is 32.6. The van der Waals surface area contributed by atoms with Crippen molar-refractivity contribution >= 4 is 48.4 Å². The van der Waals surface area contributed by atoms with Gasteiger partial charge in [-0.15, -0.1) is 0 Å². The van der Waals surface area contributed by atoms with E-state index in [2.05, 4.69) is 95.6 Å². The molecule has 0 bridgehead atoms. The van der Waals surface area contributed by atoms with Crippen molar-refractivity contribution in [3.63, 3.8) is 0 Å². The van der Waals surface area contributed by atoms with Crippen molar-refractivity contribution in [3.05, 3.63) is 17.0 Å². The molecule has 0 atom stereocenters. The molecular formula is C24H57CrSi6. The number of hydrogen-bond acceptors (Lipinski definition) is 0. The first kappa shape index (κ1) is 32.8. The summed E-state index contributed by atoms with van der Waals surface area (Å²) in [5, 5.41) is 0. The summed E-state index contributed by atoms with van der Waals surface area (Å²) in [7, 11) is -4.73. The topological polar surface area (TPSA) is 0 Å². The van der Waals surface area contributed by atoms with Crippen LogP contribution in [0.4, 0.5) is 0 Å². The molecule has 3 saturated heterocycles. The van der Waals surface area contributed by atoms with Crippen LogP contribution in [0.3, 0.4) is 0 Å². The maximum Gasteiger partial charge on any atom is 3.00 e. The molecule has 7 heteroatoms. The Morgan fingerprint density at radius 3 is 0.516 bits per heavy atom. The second kappa shape index (κ2) is 12.2. The Kier molecular flexibility index (Phi) is 12.9. The predicted octanol–water partition coefficient (Wildman–Crippen LogP) is 9.27. The van der Waals surface area contributed by atoms with Gasteiger partial charge >= 0.3 is 17.4 Å². The van der Waals surface area contributed by atoms with Gasteiger partial charge in [0.2, 0.25) is 0 Å². The Balaban J connectivity index is 0.000000429. The van der Waals surface area contributed by atoms with Crippen LogP contribution in [0.2, 0.25) is 115 Å². The second-order valence-electron chi connectivity index (χ2n) is 14.9. The minimum Gasteiger partial charge on any atom is -0.326 e. The SMILES string of the molecule is C[Si]1(C)[CH-][Si](C)(C)CCC1.C[Si]1(C)[CH-][Si](C)(C)CCC1.C[Si]1(C)[CH-][Si](C)(C)CCC1.[Cr+3]. The molecule has 3 aliphatic rings. The van der Waals surface area contributed by atoms with Gasteiger partial charge in [-0.25, -0.2) is 0 Å². The molecule has 0 spiro atoms. The minimum absolute atomic E-state index is 0. The maximum atomic E-state index is 2.80. The van der Waals surface area contributed by atoms with E-state index in [1.54, 1.807) is 36.3 Å². The zero-order chi connectivity index (χ0) is 23.5. The van der Waals surface area contributed by atoms with E-state index in [-0.39, 0.29) is 17.4 Å². The summed E-state index contributed by atoms with van der Waals surface area (Å²) in [6.07, 6.45) is 4.57. The first-order chi connectivity index (χ1) is 13.2. The molecule has 183 valence electrons. The summed E-state index contributed by atoms with van der Waals surface area (Å²) in [5.41, 5.74) is 8.39. The van der Waals surface area contributed by atoms with E-state index < -0.39 is 48.4 Å². The van der Waals surface area contributed by atoms with E-state index in [4.69, 9.17) is 0 Å². The summed E-state index contributed by atoms with van der Waals surface area (Å²) >= 11 is 0. The Morgan fingerprint density at radius 2 is 0.452 bits per heavy atom. The van der Waals surface area contributed by atoms with E-state index in [0.29, 0.717) is 0 Å². The van der Waals surface area contributed by atoms with E-state index in [1.807, 2.05) is 0 Å². The van der Waals surface area contributed by atoms with Gasteiger partial charge in [-0.2, -0.15) is 0 Å². The summed E-state index contributed by atoms with van der Waals surface area (Å²) < 4.78 is 0. The van der Waals surface area contributed by atoms with Gasteiger partial charge in [0.15, 0.2) is 0 Å². The molecule has 3 heterocycles. The van der Waals surface area contributed by atoms with Crippen molar-refractivity contribution in [1.82, 2.24) is 0 Å². The number of hydrogen-bond donors (Lipinski definition) is 0. The Morgan fingerprint density at radius 1 is 0.323 bits per heavy atom. The fourth-order valence-corrected chi connectivity index (χ4v) is 43.0. The van der Waals surface area contributed by atoms with Gasteiger partial charge in [0.05, 0.1) is 0 Å². The Labute approximate surface area is 215 Å². The molecule has 0 aromatic rings. The van der Waals surface area contributed by atoms with Gasteiger partial charge in [0.1, 0.15) is 0 Å². The molecule has 3 rings (SSSR count). The van der Waals surface area contributed by atoms with Crippen LogP contribution >= 0.6 is 0 Å². The van der Waals surface area contributed by atoms with Crippen molar-refractivity contribution in [1.29, 1.82) is 0 Å². The van der Waals surface area contributed by atoms with E-state index in [1.165, 1.54) is 19.3 Å². The molecule has 0 nitrogen and oxygen atoms in total. The van der Waals surface area contributed by atoms with Gasteiger partial charge in [-0.3, -0.25) is 0 Å². The van der Waals surface area contributed by atoms with Gasteiger partial charge < -0.3 is 17.0 Å². The Bertz CT molecular complexity index is 422. The summed E-state index contributed by atoms with van der Waals surface area (Å²) in [6, 6.07) is 9.27. The molecule has 0 N–H and O–H groups in total. The minimum atomic E-state index is -0.789. The van der Waals surface area contributed by atoms with Crippen molar-refractivity contribution in [2.75, 3.05) is 0 Å². The van der Waals surface area contributed by atoms with E-state index >= 15 is 0 Å². The largest absolute Gasteiger partial charge is 3.00 e. The molecule has 3 fully saturated rings. The average Bonchev–Trinajstić information content (AvgIpc) is 2.40. The van der Waals surface area contributed by atoms with Crippen LogP contribution < -0.4 is 0 Å². The van der Waals surface area contributed by atoms with Crippen molar-refractivity contribution in [3.8, 4) is 0 Å². The van der Waals surface area contributed by atoms with Gasteiger partial charge in [-0.05, 0) is 0 Å². The maximum absolute atomic E-state index is 2.80. The number of rotatable bonds is 0. The summed E-state index contributed by atoms with van der Waals surface area (Å²) in [4.78, 5) is 0. The zero-order valence-corrected chi connectivity index (χ0v) is 30.8. The molecule has 0 saturated carbocycles. The average molecular weight is 566 g/mol. The monoisotopic (exact) mass is 565 g/mol. The van der Waals surface area contributed by atoms with Crippen LogP contribution in [-0.2, 0) is 17.4 Å². The molecule has 0 aromatic heterocycles. The molecule has 0 aromatic carbocycles. The molecule has 31 heavy (non-hydrogen) atoms. The quantitative estimate of drug-likeness (QED) is 0.203. The summed E-state index contributed by atoms with van der Waals surface area (Å²) in [6.45, 7) is 30.2. The van der Waals surface area contributed by atoms with Gasteiger partial charge in [0.25, 0.3) is 0 Å². The van der Waals surface area contributed by atoms with Crippen LogP contribution in [-0.4, -0.2) is 48.4 Å². The third-order valence-corrected chi connectivity index (χ3v) is 35.9. The third-order valence-electron chi connectivity index (χ3n) is 7.27. The fraction of sp³-hybridized carbons (Fsp3) is 0.875. The van der Waals surface area contributed by atoms with E-state index in [9.17, 15) is 0 Å². The zero-order valence-electron chi connectivity index (χ0n) is 23.5. The van der Waals surface area contributed by atoms with Crippen LogP contribution in [0, 0.1) is 17.0 Å². The predicted molar refractivity (Wildman–Crippen MR) is 160 cm³/mol. The standard InChI is InChI=1S/3C8H19Si2.Cr/c3*1-9(2)6-5-7-10(3,4)8-9;/h3*8H,5-7H2,1-4H3;/q3*-1;+3. The van der Waals surface area contributed by atoms with Crippen LogP contribution in [0.5, 0.6) is 0 Å². The molecular weight excluding hydrogens is 509 g/mol. The molecule has 0 unspecified atom stereocenters. The smallest absolute Gasteiger partial charge is 0.326 e. The fourth-order valence-electron chi connectivity index (χ4n) is 6.61. The van der Waals surface area contributed by atoms with Crippen LogP contribution in [0.25, 0.3) is 0 Å². The van der Waals surface area contributed by atoms with Crippen molar-refractivity contribution in [2.45, 2.75) is 134 Å². The van der Waals surface area contributed by atoms with Crippen molar-refractivity contribution in [2.24, 2.45) is 0 Å². The molecule has 1 radical (unpaired) electrons. The van der Waals surface area contributed by atoms with Crippen LogP contribution in [0.15, 0.2) is 0 Å². The van der Waals surface area contributed by atoms with Crippen LogP contribution in [0.1, 0.15) is 19.3 Å². The Hall–Kier alpha value is 1.83. The van der Waals surface area contributed by atoms with Crippen molar-refractivity contribution < 1.29 is 17.4 Å². The van der Waals surface area contributed by atoms with E-state index in [0.717, 1.165) is 0 Å². The normalized spacial score (nSPS) is 29.0. The molecule has 0 aliphatic carbocycles. The summed E-state index contributed by atoms with van der Waals surface area (Å²) in [5.74, 6) is 0.